The van der Waals surface area contributed by atoms with Gasteiger partial charge < -0.3 is 30.0 Å². The fourth-order valence-electron chi connectivity index (χ4n) is 7.12. The minimum absolute atomic E-state index is 0.00900. The van der Waals surface area contributed by atoms with Gasteiger partial charge in [-0.25, -0.2) is 27.0 Å². The minimum Gasteiger partial charge on any atom is -0.445 e. The number of aliphatic hydroxyl groups excluding tert-OH is 1. The van der Waals surface area contributed by atoms with Crippen LogP contribution in [0.2, 0.25) is 0 Å². The molecule has 2 bridgehead atoms. The van der Waals surface area contributed by atoms with Crippen LogP contribution in [0.5, 0.6) is 0 Å². The van der Waals surface area contributed by atoms with Gasteiger partial charge in [0.2, 0.25) is 10.0 Å². The smallest absolute Gasteiger partial charge is 0.407 e. The van der Waals surface area contributed by atoms with Gasteiger partial charge in [0.15, 0.2) is 11.4 Å². The number of carbonyl (C=O) groups excluding carboxylic acids is 1. The number of rotatable bonds is 13. The molecular formula is C33H40F2N4O7S2. The Kier molecular flexibility index (Phi) is 9.36. The van der Waals surface area contributed by atoms with E-state index in [0.717, 1.165) is 42.6 Å². The lowest BCUT2D eigenvalue weighted by Gasteiger charge is -2.31. The van der Waals surface area contributed by atoms with E-state index in [1.54, 1.807) is 12.1 Å². The van der Waals surface area contributed by atoms with E-state index >= 15 is 0 Å². The van der Waals surface area contributed by atoms with Crippen molar-refractivity contribution in [2.75, 3.05) is 31.6 Å². The van der Waals surface area contributed by atoms with Crippen LogP contribution < -0.4 is 10.6 Å². The van der Waals surface area contributed by atoms with E-state index in [2.05, 4.69) is 15.6 Å². The van der Waals surface area contributed by atoms with E-state index in [4.69, 9.17) is 14.2 Å². The molecule has 15 heteroatoms. The molecule has 0 spiro atoms. The average Bonchev–Trinajstić information content (AvgIpc) is 3.47. The summed E-state index contributed by atoms with van der Waals surface area (Å²) in [5.41, 5.74) is 0.860. The highest BCUT2D eigenvalue weighted by Crippen LogP contribution is 2.49. The molecule has 3 N–H and O–H groups in total. The van der Waals surface area contributed by atoms with Gasteiger partial charge in [0, 0.05) is 43.0 Å². The lowest BCUT2D eigenvalue weighted by Crippen LogP contribution is -2.52. The molecule has 1 aromatic heterocycles. The van der Waals surface area contributed by atoms with Crippen molar-refractivity contribution in [3.63, 3.8) is 0 Å². The summed E-state index contributed by atoms with van der Waals surface area (Å²) in [5.74, 6) is -1.60. The highest BCUT2D eigenvalue weighted by molar-refractivity contribution is 7.89. The molecule has 2 aliphatic carbocycles. The molecule has 2 aromatic carbocycles. The summed E-state index contributed by atoms with van der Waals surface area (Å²) in [6.07, 6.45) is -0.245. The standard InChI is InChI=1S/C33H40F2N4O7S2/c1-17(2)13-39(48(42,43)23-5-6-26-29(12-23)47-32(37-26)36-22-3-4-22)14-28(40)27(9-18-7-20(34)11-21(35)8-18)38-33(41)46-30-19-10-24-25(30)16-45-31(24)44-15-19/h5-8,11-12,17,19,22,24-25,27-28,30-31,40H,3-4,9-10,13-16H2,1-2H3,(H,36,37)(H,38,41)/t19?,24?,25?,27-,28+,30-,31?/m0/s1. The first-order valence-corrected chi connectivity index (χ1v) is 18.7. The number of hydrogen-bond donors (Lipinski definition) is 3. The Morgan fingerprint density at radius 3 is 2.58 bits per heavy atom. The fourth-order valence-corrected chi connectivity index (χ4v) is 9.82. The molecule has 2 saturated heterocycles. The minimum atomic E-state index is -4.13. The number of amides is 1. The molecule has 0 radical (unpaired) electrons. The topological polar surface area (TPSA) is 139 Å². The summed E-state index contributed by atoms with van der Waals surface area (Å²) in [6, 6.07) is 6.96. The molecule has 3 heterocycles. The van der Waals surface area contributed by atoms with E-state index in [9.17, 15) is 27.1 Å². The summed E-state index contributed by atoms with van der Waals surface area (Å²) >= 11 is 1.38. The number of hydrogen-bond acceptors (Lipinski definition) is 10. The summed E-state index contributed by atoms with van der Waals surface area (Å²) in [4.78, 5) is 18.0. The van der Waals surface area contributed by atoms with Crippen LogP contribution >= 0.6 is 11.3 Å². The largest absolute Gasteiger partial charge is 0.445 e. The average molecular weight is 707 g/mol. The Labute approximate surface area is 282 Å². The van der Waals surface area contributed by atoms with Crippen molar-refractivity contribution in [2.24, 2.45) is 23.7 Å². The second-order valence-electron chi connectivity index (χ2n) is 13.8. The molecule has 48 heavy (non-hydrogen) atoms. The molecule has 4 fully saturated rings. The van der Waals surface area contributed by atoms with Crippen LogP contribution in [0.25, 0.3) is 10.2 Å². The fraction of sp³-hybridized carbons (Fsp3) is 0.576. The third-order valence-electron chi connectivity index (χ3n) is 9.54. The Hall–Kier alpha value is -2.95. The number of ether oxygens (including phenoxy) is 3. The van der Waals surface area contributed by atoms with E-state index in [-0.39, 0.29) is 53.4 Å². The van der Waals surface area contributed by atoms with E-state index in [1.165, 1.54) is 21.7 Å². The van der Waals surface area contributed by atoms with Gasteiger partial charge >= 0.3 is 6.09 Å². The van der Waals surface area contributed by atoms with E-state index < -0.39 is 52.5 Å². The number of aliphatic hydroxyl groups is 1. The number of halogens is 2. The lowest BCUT2D eigenvalue weighted by atomic mass is 9.98. The van der Waals surface area contributed by atoms with Crippen molar-refractivity contribution >= 4 is 42.8 Å². The van der Waals surface area contributed by atoms with Gasteiger partial charge in [0.05, 0.1) is 40.5 Å². The SMILES string of the molecule is CC(C)CN(C[C@@H](O)[C@H](Cc1cc(F)cc(F)c1)NC(=O)O[C@H]1C2COC3OCC1C3C2)S(=O)(=O)c1ccc2nc(NC3CC3)sc2c1. The number of sulfonamides is 1. The Bertz CT molecular complexity index is 1750. The van der Waals surface area contributed by atoms with Gasteiger partial charge in [-0.15, -0.1) is 0 Å². The molecule has 260 valence electrons. The van der Waals surface area contributed by atoms with Crippen molar-refractivity contribution in [1.29, 1.82) is 0 Å². The van der Waals surface area contributed by atoms with Crippen LogP contribution in [-0.4, -0.2) is 85.8 Å². The van der Waals surface area contributed by atoms with Crippen molar-refractivity contribution in [3.05, 3.63) is 53.6 Å². The molecule has 2 saturated carbocycles. The molecule has 1 amide bonds. The predicted molar refractivity (Wildman–Crippen MR) is 174 cm³/mol. The molecule has 3 aromatic rings. The van der Waals surface area contributed by atoms with Crippen LogP contribution in [0.1, 0.15) is 38.7 Å². The third-order valence-corrected chi connectivity index (χ3v) is 12.3. The van der Waals surface area contributed by atoms with Gasteiger partial charge in [0.1, 0.15) is 17.7 Å². The Balaban J connectivity index is 1.11. The monoisotopic (exact) mass is 706 g/mol. The quantitative estimate of drug-likeness (QED) is 0.235. The second kappa shape index (κ2) is 13.4. The number of carbonyl (C=O) groups is 1. The van der Waals surface area contributed by atoms with E-state index in [0.29, 0.717) is 29.5 Å². The van der Waals surface area contributed by atoms with Gasteiger partial charge in [-0.1, -0.05) is 25.2 Å². The predicted octanol–water partition coefficient (Wildman–Crippen LogP) is 4.50. The zero-order valence-corrected chi connectivity index (χ0v) is 28.3. The zero-order valence-electron chi connectivity index (χ0n) is 26.7. The van der Waals surface area contributed by atoms with Crippen LogP contribution in [0, 0.1) is 35.3 Å². The Morgan fingerprint density at radius 1 is 1.10 bits per heavy atom. The van der Waals surface area contributed by atoms with Crippen molar-refractivity contribution in [3.8, 4) is 0 Å². The van der Waals surface area contributed by atoms with Gasteiger partial charge in [-0.3, -0.25) is 0 Å². The van der Waals surface area contributed by atoms with Crippen LogP contribution in [0.15, 0.2) is 41.3 Å². The molecular weight excluding hydrogens is 667 g/mol. The van der Waals surface area contributed by atoms with Crippen LogP contribution in [0.3, 0.4) is 0 Å². The number of nitrogens with zero attached hydrogens (tertiary/aromatic N) is 2. The molecule has 2 aliphatic heterocycles. The number of fused-ring (bicyclic) bond motifs is 2. The number of benzene rings is 2. The number of nitrogens with one attached hydrogen (secondary N) is 2. The second-order valence-corrected chi connectivity index (χ2v) is 16.8. The number of aromatic nitrogens is 1. The van der Waals surface area contributed by atoms with Crippen LogP contribution in [-0.2, 0) is 30.7 Å². The van der Waals surface area contributed by atoms with Gasteiger partial charge in [-0.05, 0) is 67.5 Å². The third kappa shape index (κ3) is 7.17. The number of thiazole rings is 1. The molecule has 11 nitrogen and oxygen atoms in total. The Morgan fingerprint density at radius 2 is 1.85 bits per heavy atom. The summed E-state index contributed by atoms with van der Waals surface area (Å²) < 4.78 is 75.8. The van der Waals surface area contributed by atoms with Crippen molar-refractivity contribution in [2.45, 2.75) is 75.0 Å². The normalized spacial score (nSPS) is 26.3. The van der Waals surface area contributed by atoms with Gasteiger partial charge in [-0.2, -0.15) is 4.31 Å². The number of alkyl carbamates (subject to hydrolysis) is 1. The lowest BCUT2D eigenvalue weighted by molar-refractivity contribution is -0.169. The van der Waals surface area contributed by atoms with Gasteiger partial charge in [0.25, 0.3) is 0 Å². The highest BCUT2D eigenvalue weighted by atomic mass is 32.2. The maximum atomic E-state index is 14.2. The first kappa shape index (κ1) is 33.5. The molecule has 4 unspecified atom stereocenters. The van der Waals surface area contributed by atoms with Crippen molar-refractivity contribution in [1.82, 2.24) is 14.6 Å². The first-order valence-electron chi connectivity index (χ1n) is 16.4. The van der Waals surface area contributed by atoms with E-state index in [1.807, 2.05) is 13.8 Å². The molecule has 7 rings (SSSR count). The molecule has 4 aliphatic rings. The summed E-state index contributed by atoms with van der Waals surface area (Å²) in [6.45, 7) is 4.22. The van der Waals surface area contributed by atoms with Crippen LogP contribution in [0.4, 0.5) is 18.7 Å². The van der Waals surface area contributed by atoms with Crippen molar-refractivity contribution < 1.29 is 41.3 Å². The first-order chi connectivity index (χ1) is 22.9. The maximum Gasteiger partial charge on any atom is 0.407 e. The highest BCUT2D eigenvalue weighted by Gasteiger charge is 2.56. The maximum absolute atomic E-state index is 14.2. The number of anilines is 1. The summed E-state index contributed by atoms with van der Waals surface area (Å²) in [5, 5.41) is 18.4. The summed E-state index contributed by atoms with van der Waals surface area (Å²) in [7, 11) is -4.13. The molecule has 7 atom stereocenters. The zero-order chi connectivity index (χ0) is 33.7.